The van der Waals surface area contributed by atoms with Gasteiger partial charge in [-0.2, -0.15) is 0 Å². The minimum atomic E-state index is 0.272. The second-order valence-corrected chi connectivity index (χ2v) is 6.87. The first-order chi connectivity index (χ1) is 12.3. The molecule has 1 heterocycles. The van der Waals surface area contributed by atoms with Crippen molar-refractivity contribution >= 4 is 0 Å². The number of aromatic hydroxyl groups is 1. The van der Waals surface area contributed by atoms with Crippen LogP contribution in [-0.4, -0.2) is 15.1 Å². The highest BCUT2D eigenvalue weighted by molar-refractivity contribution is 5.58. The van der Waals surface area contributed by atoms with E-state index in [9.17, 15) is 5.11 Å². The summed E-state index contributed by atoms with van der Waals surface area (Å²) in [5.41, 5.74) is 2.91. The fourth-order valence-corrected chi connectivity index (χ4v) is 3.06. The molecule has 136 valence electrons. The number of rotatable bonds is 12. The van der Waals surface area contributed by atoms with Gasteiger partial charge in [0, 0.05) is 11.8 Å². The van der Waals surface area contributed by atoms with Gasteiger partial charge in [-0.15, -0.1) is 0 Å². The van der Waals surface area contributed by atoms with E-state index < -0.39 is 0 Å². The van der Waals surface area contributed by atoms with Crippen LogP contribution in [0.15, 0.2) is 36.7 Å². The molecule has 1 aromatic heterocycles. The van der Waals surface area contributed by atoms with Gasteiger partial charge in [-0.25, -0.2) is 0 Å². The van der Waals surface area contributed by atoms with Gasteiger partial charge >= 0.3 is 0 Å². The maximum absolute atomic E-state index is 9.33. The van der Waals surface area contributed by atoms with Crippen molar-refractivity contribution in [3.63, 3.8) is 0 Å². The van der Waals surface area contributed by atoms with Gasteiger partial charge in [-0.05, 0) is 37.1 Å². The summed E-state index contributed by atoms with van der Waals surface area (Å²) in [6.07, 6.45) is 18.3. The van der Waals surface area contributed by atoms with Crippen molar-refractivity contribution in [2.75, 3.05) is 0 Å². The molecular formula is C22H32N2O. The van der Waals surface area contributed by atoms with E-state index in [0.717, 1.165) is 23.4 Å². The maximum Gasteiger partial charge on any atom is 0.115 e. The number of benzene rings is 1. The van der Waals surface area contributed by atoms with E-state index in [2.05, 4.69) is 16.9 Å². The highest BCUT2D eigenvalue weighted by Gasteiger charge is 2.01. The summed E-state index contributed by atoms with van der Waals surface area (Å²) in [7, 11) is 0. The molecule has 1 aromatic carbocycles. The highest BCUT2D eigenvalue weighted by Crippen LogP contribution is 2.19. The van der Waals surface area contributed by atoms with Gasteiger partial charge in [0.25, 0.3) is 0 Å². The topological polar surface area (TPSA) is 46.0 Å². The average molecular weight is 341 g/mol. The number of hydrogen-bond donors (Lipinski definition) is 1. The van der Waals surface area contributed by atoms with Crippen molar-refractivity contribution in [2.45, 2.75) is 77.6 Å². The number of phenols is 1. The maximum atomic E-state index is 9.33. The van der Waals surface area contributed by atoms with E-state index >= 15 is 0 Å². The molecule has 3 heteroatoms. The van der Waals surface area contributed by atoms with Crippen molar-refractivity contribution in [3.05, 3.63) is 42.4 Å². The summed E-state index contributed by atoms with van der Waals surface area (Å²) in [6.45, 7) is 2.27. The van der Waals surface area contributed by atoms with Gasteiger partial charge in [0.05, 0.1) is 17.6 Å². The molecule has 0 aliphatic heterocycles. The van der Waals surface area contributed by atoms with Crippen LogP contribution >= 0.6 is 0 Å². The zero-order valence-corrected chi connectivity index (χ0v) is 15.6. The monoisotopic (exact) mass is 340 g/mol. The third kappa shape index (κ3) is 7.68. The van der Waals surface area contributed by atoms with E-state index in [1.165, 1.54) is 64.2 Å². The standard InChI is InChI=1S/C22H32N2O/c1-2-3-4-5-6-7-8-9-10-11-12-20-17-24-22(18-23-20)19-13-15-21(25)16-14-19/h13-18,25H,2-12H2,1H3. The number of aryl methyl sites for hydroxylation is 1. The predicted molar refractivity (Wildman–Crippen MR) is 105 cm³/mol. The van der Waals surface area contributed by atoms with Crippen LogP contribution in [0.5, 0.6) is 5.75 Å². The lowest BCUT2D eigenvalue weighted by atomic mass is 10.1. The molecule has 0 atom stereocenters. The first-order valence-electron chi connectivity index (χ1n) is 9.90. The molecule has 2 aromatic rings. The molecule has 0 fully saturated rings. The van der Waals surface area contributed by atoms with Crippen LogP contribution in [0.1, 0.15) is 76.8 Å². The van der Waals surface area contributed by atoms with Crippen LogP contribution in [0.2, 0.25) is 0 Å². The second-order valence-electron chi connectivity index (χ2n) is 6.87. The Hall–Kier alpha value is -1.90. The van der Waals surface area contributed by atoms with Gasteiger partial charge in [0.1, 0.15) is 5.75 Å². The second kappa shape index (κ2) is 11.6. The molecule has 0 amide bonds. The molecule has 2 rings (SSSR count). The van der Waals surface area contributed by atoms with Gasteiger partial charge in [0.15, 0.2) is 0 Å². The van der Waals surface area contributed by atoms with Crippen LogP contribution in [0.3, 0.4) is 0 Å². The molecule has 0 aliphatic carbocycles. The normalized spacial score (nSPS) is 10.9. The Labute approximate surface area is 152 Å². The SMILES string of the molecule is CCCCCCCCCCCCc1cnc(-c2ccc(O)cc2)cn1. The van der Waals surface area contributed by atoms with Crippen LogP contribution < -0.4 is 0 Å². The summed E-state index contributed by atoms with van der Waals surface area (Å²) >= 11 is 0. The number of aromatic nitrogens is 2. The van der Waals surface area contributed by atoms with Gasteiger partial charge in [-0.3, -0.25) is 9.97 Å². The quantitative estimate of drug-likeness (QED) is 0.460. The summed E-state index contributed by atoms with van der Waals surface area (Å²) in [4.78, 5) is 9.03. The van der Waals surface area contributed by atoms with Crippen LogP contribution in [0.4, 0.5) is 0 Å². The lowest BCUT2D eigenvalue weighted by molar-refractivity contribution is 0.475. The minimum Gasteiger partial charge on any atom is -0.508 e. The van der Waals surface area contributed by atoms with Crippen molar-refractivity contribution in [1.29, 1.82) is 0 Å². The molecule has 0 saturated carbocycles. The summed E-state index contributed by atoms with van der Waals surface area (Å²) < 4.78 is 0. The van der Waals surface area contributed by atoms with Gasteiger partial charge < -0.3 is 5.11 Å². The third-order valence-electron chi connectivity index (χ3n) is 4.65. The molecule has 1 N–H and O–H groups in total. The predicted octanol–water partition coefficient (Wildman–Crippen LogP) is 6.31. The Morgan fingerprint density at radius 3 is 1.88 bits per heavy atom. The Balaban J connectivity index is 1.58. The molecule has 0 radical (unpaired) electrons. The number of hydrogen-bond acceptors (Lipinski definition) is 3. The van der Waals surface area contributed by atoms with E-state index in [-0.39, 0.29) is 5.75 Å². The average Bonchev–Trinajstić information content (AvgIpc) is 2.64. The van der Waals surface area contributed by atoms with E-state index in [0.29, 0.717) is 0 Å². The lowest BCUT2D eigenvalue weighted by Gasteiger charge is -2.04. The zero-order chi connectivity index (χ0) is 17.7. The van der Waals surface area contributed by atoms with Crippen molar-refractivity contribution in [3.8, 4) is 17.0 Å². The smallest absolute Gasteiger partial charge is 0.115 e. The number of phenolic OH excluding ortho intramolecular Hbond substituents is 1. The van der Waals surface area contributed by atoms with Crippen LogP contribution in [0.25, 0.3) is 11.3 Å². The summed E-state index contributed by atoms with van der Waals surface area (Å²) in [5, 5.41) is 9.33. The molecule has 0 unspecified atom stereocenters. The lowest BCUT2D eigenvalue weighted by Crippen LogP contribution is -1.94. The Morgan fingerprint density at radius 1 is 0.720 bits per heavy atom. The van der Waals surface area contributed by atoms with Crippen molar-refractivity contribution in [2.24, 2.45) is 0 Å². The molecular weight excluding hydrogens is 308 g/mol. The van der Waals surface area contributed by atoms with Crippen LogP contribution in [0, 0.1) is 0 Å². The van der Waals surface area contributed by atoms with E-state index in [4.69, 9.17) is 0 Å². The summed E-state index contributed by atoms with van der Waals surface area (Å²) in [6, 6.07) is 7.08. The van der Waals surface area contributed by atoms with Gasteiger partial charge in [-0.1, -0.05) is 64.7 Å². The van der Waals surface area contributed by atoms with Crippen molar-refractivity contribution < 1.29 is 5.11 Å². The molecule has 0 saturated heterocycles. The zero-order valence-electron chi connectivity index (χ0n) is 15.6. The minimum absolute atomic E-state index is 0.272. The molecule has 25 heavy (non-hydrogen) atoms. The Morgan fingerprint density at radius 2 is 1.32 bits per heavy atom. The van der Waals surface area contributed by atoms with Crippen LogP contribution in [-0.2, 0) is 6.42 Å². The fraction of sp³-hybridized carbons (Fsp3) is 0.545. The first-order valence-corrected chi connectivity index (χ1v) is 9.90. The molecule has 3 nitrogen and oxygen atoms in total. The molecule has 0 bridgehead atoms. The largest absolute Gasteiger partial charge is 0.508 e. The third-order valence-corrected chi connectivity index (χ3v) is 4.65. The highest BCUT2D eigenvalue weighted by atomic mass is 16.3. The van der Waals surface area contributed by atoms with E-state index in [1.54, 1.807) is 12.1 Å². The molecule has 0 aliphatic rings. The fourth-order valence-electron chi connectivity index (χ4n) is 3.06. The van der Waals surface area contributed by atoms with Crippen molar-refractivity contribution in [1.82, 2.24) is 9.97 Å². The first kappa shape index (κ1) is 19.4. The summed E-state index contributed by atoms with van der Waals surface area (Å²) in [5.74, 6) is 0.272. The van der Waals surface area contributed by atoms with E-state index in [1.807, 2.05) is 24.5 Å². The Bertz CT molecular complexity index is 578. The number of nitrogens with zero attached hydrogens (tertiary/aromatic N) is 2. The Kier molecular flexibility index (Phi) is 9.03. The number of unbranched alkanes of at least 4 members (excludes halogenated alkanes) is 9. The molecule has 0 spiro atoms. The van der Waals surface area contributed by atoms with Gasteiger partial charge in [0.2, 0.25) is 0 Å².